The minimum absolute atomic E-state index is 0.274. The molecule has 0 saturated carbocycles. The number of carboxylic acids is 1. The highest BCUT2D eigenvalue weighted by Crippen LogP contribution is 2.18. The van der Waals surface area contributed by atoms with Crippen LogP contribution in [0, 0.1) is 20.2 Å². The van der Waals surface area contributed by atoms with Gasteiger partial charge in [-0.1, -0.05) is 0 Å². The molecule has 0 heterocycles. The average molecular weight is 246 g/mol. The molecule has 0 unspecified atom stereocenters. The Morgan fingerprint density at radius 2 is 1.59 bits per heavy atom. The van der Waals surface area contributed by atoms with Crippen molar-refractivity contribution in [1.29, 1.82) is 0 Å². The molecule has 92 valence electrons. The molecule has 8 nitrogen and oxygen atoms in total. The van der Waals surface area contributed by atoms with E-state index in [4.69, 9.17) is 9.90 Å². The monoisotopic (exact) mass is 246 g/mol. The van der Waals surface area contributed by atoms with E-state index in [-0.39, 0.29) is 11.4 Å². The van der Waals surface area contributed by atoms with Crippen LogP contribution in [0.2, 0.25) is 0 Å². The van der Waals surface area contributed by atoms with E-state index in [0.717, 1.165) is 6.07 Å². The molecule has 0 aliphatic heterocycles. The fourth-order valence-corrected chi connectivity index (χ4v) is 0.720. The summed E-state index contributed by atoms with van der Waals surface area (Å²) in [4.78, 5) is 28.0. The van der Waals surface area contributed by atoms with Crippen molar-refractivity contribution in [2.75, 3.05) is 6.67 Å². The van der Waals surface area contributed by atoms with Gasteiger partial charge in [-0.15, -0.1) is 0 Å². The number of nitro benzene ring substituents is 2. The number of aliphatic carboxylic acids is 1. The van der Waals surface area contributed by atoms with Crippen LogP contribution in [0.5, 0.6) is 0 Å². The Hall–Kier alpha value is -2.58. The summed E-state index contributed by atoms with van der Waals surface area (Å²) in [5.41, 5.74) is -0.548. The molecule has 9 heteroatoms. The highest BCUT2D eigenvalue weighted by molar-refractivity contribution is 5.67. The molecule has 0 saturated heterocycles. The van der Waals surface area contributed by atoms with Crippen LogP contribution in [0.25, 0.3) is 0 Å². The number of nitro groups is 2. The molecule has 0 radical (unpaired) electrons. The standard InChI is InChI=1S/C6H4N2O4.C2H3FO2/c9-7(10)5-2-1-3-6(4-5)8(11)12;3-1-2(4)5/h1-4H;1H2,(H,4,5). The quantitative estimate of drug-likeness (QED) is 0.637. The molecule has 1 N–H and O–H groups in total. The summed E-state index contributed by atoms with van der Waals surface area (Å²) in [6, 6.07) is 4.59. The smallest absolute Gasteiger partial charge is 0.335 e. The van der Waals surface area contributed by atoms with Crippen molar-refractivity contribution in [3.8, 4) is 0 Å². The average Bonchev–Trinajstić information content (AvgIpc) is 2.29. The second-order valence-corrected chi connectivity index (χ2v) is 2.56. The summed E-state index contributed by atoms with van der Waals surface area (Å²) >= 11 is 0. The molecule has 0 aromatic heterocycles. The lowest BCUT2D eigenvalue weighted by molar-refractivity contribution is -0.394. The van der Waals surface area contributed by atoms with E-state index in [1.165, 1.54) is 18.2 Å². The van der Waals surface area contributed by atoms with Gasteiger partial charge in [-0.05, 0) is 6.07 Å². The molecular formula is C8H7FN2O6. The molecule has 1 aromatic carbocycles. The van der Waals surface area contributed by atoms with Crippen molar-refractivity contribution in [3.05, 3.63) is 44.5 Å². The van der Waals surface area contributed by atoms with Crippen LogP contribution in [0.15, 0.2) is 24.3 Å². The summed E-state index contributed by atoms with van der Waals surface area (Å²) in [5, 5.41) is 27.7. The second kappa shape index (κ2) is 6.82. The molecule has 0 atom stereocenters. The van der Waals surface area contributed by atoms with Gasteiger partial charge in [0.25, 0.3) is 11.4 Å². The number of halogens is 1. The Morgan fingerprint density at radius 1 is 1.24 bits per heavy atom. The summed E-state index contributed by atoms with van der Waals surface area (Å²) in [6.45, 7) is -1.28. The van der Waals surface area contributed by atoms with Crippen LogP contribution in [0.3, 0.4) is 0 Å². The summed E-state index contributed by atoms with van der Waals surface area (Å²) < 4.78 is 10.5. The van der Waals surface area contributed by atoms with Gasteiger partial charge in [0.15, 0.2) is 6.67 Å². The Labute approximate surface area is 93.6 Å². The highest BCUT2D eigenvalue weighted by Gasteiger charge is 2.11. The van der Waals surface area contributed by atoms with Gasteiger partial charge in [0.2, 0.25) is 0 Å². The topological polar surface area (TPSA) is 124 Å². The van der Waals surface area contributed by atoms with Crippen molar-refractivity contribution >= 4 is 17.3 Å². The molecular weight excluding hydrogens is 239 g/mol. The van der Waals surface area contributed by atoms with Crippen molar-refractivity contribution in [2.24, 2.45) is 0 Å². The van der Waals surface area contributed by atoms with E-state index in [1.807, 2.05) is 0 Å². The number of rotatable bonds is 3. The zero-order chi connectivity index (χ0) is 13.4. The minimum atomic E-state index is -1.41. The first-order valence-corrected chi connectivity index (χ1v) is 4.05. The fraction of sp³-hybridized carbons (Fsp3) is 0.125. The lowest BCUT2D eigenvalue weighted by atomic mass is 10.3. The molecule has 0 aliphatic carbocycles. The van der Waals surface area contributed by atoms with Gasteiger partial charge >= 0.3 is 5.97 Å². The molecule has 1 rings (SSSR count). The summed E-state index contributed by atoms with van der Waals surface area (Å²) in [5.74, 6) is -1.41. The minimum Gasteiger partial charge on any atom is -0.479 e. The van der Waals surface area contributed by atoms with Gasteiger partial charge in [0, 0.05) is 12.1 Å². The zero-order valence-corrected chi connectivity index (χ0v) is 8.28. The van der Waals surface area contributed by atoms with E-state index in [9.17, 15) is 24.6 Å². The van der Waals surface area contributed by atoms with Gasteiger partial charge in [-0.25, -0.2) is 9.18 Å². The highest BCUT2D eigenvalue weighted by atomic mass is 19.1. The van der Waals surface area contributed by atoms with Crippen molar-refractivity contribution in [1.82, 2.24) is 0 Å². The van der Waals surface area contributed by atoms with Crippen LogP contribution >= 0.6 is 0 Å². The van der Waals surface area contributed by atoms with E-state index < -0.39 is 22.5 Å². The molecule has 17 heavy (non-hydrogen) atoms. The lowest BCUT2D eigenvalue weighted by Crippen LogP contribution is -1.93. The number of nitrogens with zero attached hydrogens (tertiary/aromatic N) is 2. The predicted octanol–water partition coefficient (Wildman–Crippen LogP) is 1.54. The van der Waals surface area contributed by atoms with Crippen LogP contribution in [-0.2, 0) is 4.79 Å². The first kappa shape index (κ1) is 14.4. The van der Waals surface area contributed by atoms with Gasteiger partial charge in [0.05, 0.1) is 15.9 Å². The first-order chi connectivity index (χ1) is 7.88. The Morgan fingerprint density at radius 3 is 1.82 bits per heavy atom. The molecule has 1 aromatic rings. The maximum absolute atomic E-state index is 10.5. The second-order valence-electron chi connectivity index (χ2n) is 2.56. The van der Waals surface area contributed by atoms with Crippen molar-refractivity contribution < 1.29 is 24.1 Å². The van der Waals surface area contributed by atoms with E-state index in [1.54, 1.807) is 0 Å². The lowest BCUT2D eigenvalue weighted by Gasteiger charge is -1.90. The Balaban J connectivity index is 0.000000437. The summed E-state index contributed by atoms with van der Waals surface area (Å²) in [7, 11) is 0. The zero-order valence-electron chi connectivity index (χ0n) is 8.28. The fourth-order valence-electron chi connectivity index (χ4n) is 0.720. The SMILES string of the molecule is O=C(O)CF.O=[N+]([O-])c1cccc([N+](=O)[O-])c1. The Kier molecular flexibility index (Phi) is 5.79. The third-order valence-electron chi connectivity index (χ3n) is 1.37. The van der Waals surface area contributed by atoms with Gasteiger partial charge < -0.3 is 5.11 Å². The third-order valence-corrected chi connectivity index (χ3v) is 1.37. The van der Waals surface area contributed by atoms with Crippen LogP contribution in [0.1, 0.15) is 0 Å². The number of carboxylic acid groups (broad SMARTS) is 1. The molecule has 0 aliphatic rings. The van der Waals surface area contributed by atoms with Crippen LogP contribution < -0.4 is 0 Å². The largest absolute Gasteiger partial charge is 0.479 e. The molecule has 0 bridgehead atoms. The van der Waals surface area contributed by atoms with Crippen LogP contribution in [0.4, 0.5) is 15.8 Å². The third kappa shape index (κ3) is 5.77. The maximum atomic E-state index is 10.5. The Bertz CT molecular complexity index is 407. The van der Waals surface area contributed by atoms with Crippen LogP contribution in [-0.4, -0.2) is 27.6 Å². The van der Waals surface area contributed by atoms with Gasteiger partial charge in [-0.2, -0.15) is 0 Å². The number of hydrogen-bond donors (Lipinski definition) is 1. The predicted molar refractivity (Wildman–Crippen MR) is 53.4 cm³/mol. The van der Waals surface area contributed by atoms with E-state index >= 15 is 0 Å². The van der Waals surface area contributed by atoms with Gasteiger partial charge in [-0.3, -0.25) is 20.2 Å². The van der Waals surface area contributed by atoms with Crippen molar-refractivity contribution in [2.45, 2.75) is 0 Å². The molecule has 0 fully saturated rings. The number of benzene rings is 1. The first-order valence-electron chi connectivity index (χ1n) is 4.05. The molecule has 0 amide bonds. The van der Waals surface area contributed by atoms with Crippen molar-refractivity contribution in [3.63, 3.8) is 0 Å². The maximum Gasteiger partial charge on any atom is 0.335 e. The van der Waals surface area contributed by atoms with Gasteiger partial charge in [0.1, 0.15) is 0 Å². The summed E-state index contributed by atoms with van der Waals surface area (Å²) in [6.07, 6.45) is 0. The normalized spacial score (nSPS) is 8.76. The van der Waals surface area contributed by atoms with E-state index in [2.05, 4.69) is 0 Å². The number of hydrogen-bond acceptors (Lipinski definition) is 5. The number of carbonyl (C=O) groups is 1. The van der Waals surface area contributed by atoms with E-state index in [0.29, 0.717) is 0 Å². The number of alkyl halides is 1. The molecule has 0 spiro atoms. The number of non-ortho nitro benzene ring substituents is 2.